The minimum Gasteiger partial charge on any atom is -0.493 e. The number of benzene rings is 1. The molecule has 0 spiro atoms. The van der Waals surface area contributed by atoms with E-state index in [0.29, 0.717) is 31.1 Å². The molecule has 0 aliphatic carbocycles. The van der Waals surface area contributed by atoms with Crippen LogP contribution < -0.4 is 9.47 Å². The maximum Gasteiger partial charge on any atom is 0.307 e. The van der Waals surface area contributed by atoms with Crippen LogP contribution in [-0.2, 0) is 30.7 Å². The lowest BCUT2D eigenvalue weighted by Gasteiger charge is -2.37. The van der Waals surface area contributed by atoms with E-state index in [4.69, 9.17) is 18.9 Å². The van der Waals surface area contributed by atoms with Crippen LogP contribution >= 0.6 is 0 Å². The highest BCUT2D eigenvalue weighted by molar-refractivity contribution is 7.89. The molecule has 1 fully saturated rings. The molecule has 0 bridgehead atoms. The molecule has 1 saturated heterocycles. The number of methoxy groups -OCH3 is 3. The number of carbonyl (C=O) groups excluding carboxylic acids is 1. The molecule has 29 heavy (non-hydrogen) atoms. The number of sulfonamides is 1. The average Bonchev–Trinajstić information content (AvgIpc) is 2.72. The maximum atomic E-state index is 13.3. The molecule has 0 amide bonds. The molecule has 2 aliphatic rings. The van der Waals surface area contributed by atoms with E-state index in [1.807, 2.05) is 6.07 Å². The Morgan fingerprint density at radius 1 is 1.17 bits per heavy atom. The molecule has 8 nitrogen and oxygen atoms in total. The molecule has 0 radical (unpaired) electrons. The van der Waals surface area contributed by atoms with E-state index < -0.39 is 22.0 Å². The van der Waals surface area contributed by atoms with Crippen molar-refractivity contribution in [3.63, 3.8) is 0 Å². The lowest BCUT2D eigenvalue weighted by atomic mass is 9.91. The van der Waals surface area contributed by atoms with E-state index in [1.54, 1.807) is 13.2 Å². The fourth-order valence-electron chi connectivity index (χ4n) is 4.06. The second-order valence-electron chi connectivity index (χ2n) is 7.33. The summed E-state index contributed by atoms with van der Waals surface area (Å²) in [5.41, 5.74) is 1.68. The van der Waals surface area contributed by atoms with E-state index in [-0.39, 0.29) is 18.3 Å². The molecule has 0 aromatic heterocycles. The molecule has 2 heterocycles. The molecule has 9 heteroatoms. The van der Waals surface area contributed by atoms with Crippen LogP contribution in [0.15, 0.2) is 12.1 Å². The van der Waals surface area contributed by atoms with E-state index >= 15 is 0 Å². The zero-order chi connectivity index (χ0) is 21.0. The molecule has 3 rings (SSSR count). The summed E-state index contributed by atoms with van der Waals surface area (Å²) >= 11 is 0. The van der Waals surface area contributed by atoms with Crippen molar-refractivity contribution in [2.75, 3.05) is 40.2 Å². The van der Waals surface area contributed by atoms with Gasteiger partial charge in [-0.15, -0.1) is 0 Å². The summed E-state index contributed by atoms with van der Waals surface area (Å²) in [6, 6.07) is 2.97. The maximum absolute atomic E-state index is 13.3. The molecule has 1 aromatic rings. The van der Waals surface area contributed by atoms with Gasteiger partial charge in [-0.05, 0) is 48.9 Å². The van der Waals surface area contributed by atoms with Crippen molar-refractivity contribution in [3.05, 3.63) is 23.3 Å². The van der Waals surface area contributed by atoms with Crippen LogP contribution in [0.4, 0.5) is 0 Å². The Balaban J connectivity index is 1.95. The van der Waals surface area contributed by atoms with Gasteiger partial charge in [0.15, 0.2) is 11.5 Å². The Morgan fingerprint density at radius 2 is 1.90 bits per heavy atom. The van der Waals surface area contributed by atoms with Crippen molar-refractivity contribution in [1.29, 1.82) is 0 Å². The quantitative estimate of drug-likeness (QED) is 0.615. The largest absolute Gasteiger partial charge is 0.493 e. The Bertz CT molecular complexity index is 833. The lowest BCUT2D eigenvalue weighted by molar-refractivity contribution is -0.141. The number of ether oxygens (including phenoxy) is 4. The molecule has 0 N–H and O–H groups in total. The molecule has 2 aliphatic heterocycles. The van der Waals surface area contributed by atoms with Crippen molar-refractivity contribution in [2.45, 2.75) is 44.2 Å². The third-order valence-corrected chi connectivity index (χ3v) is 7.51. The Morgan fingerprint density at radius 3 is 2.52 bits per heavy atom. The predicted octanol–water partition coefficient (Wildman–Crippen LogP) is 2.06. The lowest BCUT2D eigenvalue weighted by Crippen LogP contribution is -2.44. The highest BCUT2D eigenvalue weighted by Gasteiger charge is 2.39. The molecular formula is C20H29NO7S. The topological polar surface area (TPSA) is 91.4 Å². The van der Waals surface area contributed by atoms with E-state index in [9.17, 15) is 13.2 Å². The van der Waals surface area contributed by atoms with Crippen LogP contribution in [0.3, 0.4) is 0 Å². The fourth-order valence-corrected chi connectivity index (χ4v) is 5.93. The van der Waals surface area contributed by atoms with Crippen LogP contribution in [-0.4, -0.2) is 65.0 Å². The molecule has 2 atom stereocenters. The summed E-state index contributed by atoms with van der Waals surface area (Å²) in [6.45, 7) is 0.880. The third kappa shape index (κ3) is 4.84. The second kappa shape index (κ2) is 9.32. The van der Waals surface area contributed by atoms with Crippen molar-refractivity contribution in [2.24, 2.45) is 0 Å². The number of carbonyl (C=O) groups is 1. The van der Waals surface area contributed by atoms with Crippen LogP contribution in [0.2, 0.25) is 0 Å². The van der Waals surface area contributed by atoms with Gasteiger partial charge >= 0.3 is 5.97 Å². The van der Waals surface area contributed by atoms with Gasteiger partial charge in [-0.1, -0.05) is 0 Å². The number of nitrogens with zero attached hydrogens (tertiary/aromatic N) is 1. The van der Waals surface area contributed by atoms with Crippen molar-refractivity contribution in [3.8, 4) is 11.5 Å². The van der Waals surface area contributed by atoms with E-state index in [2.05, 4.69) is 0 Å². The zero-order valence-corrected chi connectivity index (χ0v) is 18.0. The minimum atomic E-state index is -3.64. The summed E-state index contributed by atoms with van der Waals surface area (Å²) in [4.78, 5) is 12.1. The Labute approximate surface area is 172 Å². The summed E-state index contributed by atoms with van der Waals surface area (Å²) in [6.07, 6.45) is 2.81. The first-order chi connectivity index (χ1) is 13.9. The first-order valence-electron chi connectivity index (χ1n) is 9.82. The summed E-state index contributed by atoms with van der Waals surface area (Å²) in [5, 5.41) is 0. The van der Waals surface area contributed by atoms with Gasteiger partial charge in [-0.25, -0.2) is 8.42 Å². The zero-order valence-electron chi connectivity index (χ0n) is 17.2. The Kier molecular flexibility index (Phi) is 7.02. The number of hydrogen-bond donors (Lipinski definition) is 0. The van der Waals surface area contributed by atoms with Gasteiger partial charge in [0.25, 0.3) is 0 Å². The van der Waals surface area contributed by atoms with Gasteiger partial charge < -0.3 is 18.9 Å². The average molecular weight is 428 g/mol. The number of rotatable bonds is 7. The van der Waals surface area contributed by atoms with Gasteiger partial charge in [-0.3, -0.25) is 4.79 Å². The molecular weight excluding hydrogens is 398 g/mol. The number of fused-ring (bicyclic) bond motifs is 1. The van der Waals surface area contributed by atoms with Gasteiger partial charge in [0.1, 0.15) is 0 Å². The van der Waals surface area contributed by atoms with Crippen molar-refractivity contribution < 1.29 is 32.2 Å². The third-order valence-electron chi connectivity index (χ3n) is 5.57. The molecule has 0 saturated carbocycles. The minimum absolute atomic E-state index is 0.0657. The van der Waals surface area contributed by atoms with Crippen molar-refractivity contribution in [1.82, 2.24) is 4.31 Å². The SMILES string of the molecule is COC(=O)CC1c2cc(OC)c(OC)cc2CCN1S(=O)(=O)CC1CCCCO1. The highest BCUT2D eigenvalue weighted by atomic mass is 32.2. The molecule has 162 valence electrons. The fraction of sp³-hybridized carbons (Fsp3) is 0.650. The van der Waals surface area contributed by atoms with Crippen molar-refractivity contribution >= 4 is 16.0 Å². The Hall–Kier alpha value is -1.84. The highest BCUT2D eigenvalue weighted by Crippen LogP contribution is 2.41. The first kappa shape index (κ1) is 21.9. The standard InChI is InChI=1S/C20H29NO7S/c1-25-18-10-14-7-8-21(29(23,24)13-15-6-4-5-9-28-15)17(12-20(22)27-3)16(14)11-19(18)26-2/h10-11,15,17H,4-9,12-13H2,1-3H3. The van der Waals surface area contributed by atoms with Crippen LogP contribution in [0, 0.1) is 0 Å². The number of esters is 1. The van der Waals surface area contributed by atoms with Crippen LogP contribution in [0.25, 0.3) is 0 Å². The first-order valence-corrected chi connectivity index (χ1v) is 11.4. The van der Waals surface area contributed by atoms with Gasteiger partial charge in [0, 0.05) is 13.2 Å². The second-order valence-corrected chi connectivity index (χ2v) is 9.30. The van der Waals surface area contributed by atoms with Crippen LogP contribution in [0.5, 0.6) is 11.5 Å². The monoisotopic (exact) mass is 427 g/mol. The summed E-state index contributed by atoms with van der Waals surface area (Å²) in [5.74, 6) is 0.533. The van der Waals surface area contributed by atoms with Gasteiger partial charge in [0.2, 0.25) is 10.0 Å². The van der Waals surface area contributed by atoms with Gasteiger partial charge in [-0.2, -0.15) is 4.31 Å². The van der Waals surface area contributed by atoms with E-state index in [1.165, 1.54) is 18.5 Å². The van der Waals surface area contributed by atoms with Gasteiger partial charge in [0.05, 0.1) is 45.6 Å². The normalized spacial score (nSPS) is 22.6. The van der Waals surface area contributed by atoms with E-state index in [0.717, 1.165) is 30.4 Å². The smallest absolute Gasteiger partial charge is 0.307 e. The van der Waals surface area contributed by atoms with Crippen LogP contribution in [0.1, 0.15) is 42.9 Å². The predicted molar refractivity (Wildman–Crippen MR) is 107 cm³/mol. The summed E-state index contributed by atoms with van der Waals surface area (Å²) < 4.78 is 49.2. The molecule has 1 aromatic carbocycles. The number of hydrogen-bond acceptors (Lipinski definition) is 7. The molecule has 2 unspecified atom stereocenters. The summed E-state index contributed by atoms with van der Waals surface area (Å²) in [7, 11) is 0.746.